The summed E-state index contributed by atoms with van der Waals surface area (Å²) < 4.78 is 37.5. The van der Waals surface area contributed by atoms with Crippen LogP contribution in [-0.4, -0.2) is 142 Å². The monoisotopic (exact) mass is 705 g/mol. The standard InChI is InChI=1S/C36H67NO12/c1-13-24-15-26(38)20(4)28(39)18(2)16-35(8,43)32(49-34-29(40)25(37(10)11)14-19(3)45-34)21(5)30(22(6)33(42)47-24)48-27-17-36(9,44-12)31(41)23(7)46-27/h18-27,29-34,38,40-43H,13-17H2,1-12H3/t18?,19?,20?,21?,22?,23?,24?,25?,26?,27-,29?,30?,31?,32?,33?,34?,35?,36?/m0/s1. The molecule has 3 aliphatic rings. The Morgan fingerprint density at radius 3 is 2.10 bits per heavy atom. The Morgan fingerprint density at radius 2 is 1.53 bits per heavy atom. The van der Waals surface area contributed by atoms with Crippen molar-refractivity contribution in [1.29, 1.82) is 0 Å². The van der Waals surface area contributed by atoms with Crippen molar-refractivity contribution >= 4 is 5.78 Å². The Balaban J connectivity index is 2.13. The molecule has 13 heteroatoms. The molecule has 13 nitrogen and oxygen atoms in total. The van der Waals surface area contributed by atoms with Crippen LogP contribution >= 0.6 is 0 Å². The second kappa shape index (κ2) is 17.3. The molecular weight excluding hydrogens is 638 g/mol. The van der Waals surface area contributed by atoms with Gasteiger partial charge in [-0.3, -0.25) is 4.79 Å². The third-order valence-electron chi connectivity index (χ3n) is 11.4. The van der Waals surface area contributed by atoms with Crippen molar-refractivity contribution in [3.8, 4) is 0 Å². The molecule has 0 bridgehead atoms. The zero-order valence-corrected chi connectivity index (χ0v) is 31.8. The summed E-state index contributed by atoms with van der Waals surface area (Å²) in [6.07, 6.45) is -8.49. The van der Waals surface area contributed by atoms with E-state index in [0.717, 1.165) is 0 Å². The zero-order valence-electron chi connectivity index (χ0n) is 31.8. The second-order valence-corrected chi connectivity index (χ2v) is 15.9. The Bertz CT molecular complexity index is 1050. The molecule has 3 saturated heterocycles. The highest BCUT2D eigenvalue weighted by atomic mass is 16.7. The van der Waals surface area contributed by atoms with Gasteiger partial charge in [-0.15, -0.1) is 0 Å². The lowest BCUT2D eigenvalue weighted by Crippen LogP contribution is -2.60. The minimum Gasteiger partial charge on any atom is -0.392 e. The van der Waals surface area contributed by atoms with E-state index in [1.165, 1.54) is 7.11 Å². The van der Waals surface area contributed by atoms with Gasteiger partial charge in [-0.1, -0.05) is 34.6 Å². The van der Waals surface area contributed by atoms with Crippen LogP contribution in [0, 0.1) is 23.7 Å². The summed E-state index contributed by atoms with van der Waals surface area (Å²) in [7, 11) is 5.26. The van der Waals surface area contributed by atoms with Gasteiger partial charge in [-0.05, 0) is 61.1 Å². The Labute approximate surface area is 293 Å². The lowest BCUT2D eigenvalue weighted by atomic mass is 9.75. The van der Waals surface area contributed by atoms with E-state index in [-0.39, 0.29) is 37.2 Å². The van der Waals surface area contributed by atoms with Crippen LogP contribution in [0.15, 0.2) is 0 Å². The van der Waals surface area contributed by atoms with Gasteiger partial charge >= 0.3 is 0 Å². The van der Waals surface area contributed by atoms with E-state index in [0.29, 0.717) is 12.8 Å². The van der Waals surface area contributed by atoms with Crippen molar-refractivity contribution in [3.05, 3.63) is 0 Å². The Hall–Kier alpha value is -0.810. The van der Waals surface area contributed by atoms with Gasteiger partial charge in [-0.25, -0.2) is 0 Å². The molecule has 0 amide bonds. The topological polar surface area (TPSA) is 177 Å². The molecule has 5 N–H and O–H groups in total. The van der Waals surface area contributed by atoms with Gasteiger partial charge in [0, 0.05) is 49.7 Å². The fourth-order valence-corrected chi connectivity index (χ4v) is 8.06. The van der Waals surface area contributed by atoms with Gasteiger partial charge in [0.15, 0.2) is 18.9 Å². The Morgan fingerprint density at radius 1 is 0.898 bits per heavy atom. The van der Waals surface area contributed by atoms with Crippen LogP contribution in [0.4, 0.5) is 0 Å². The lowest BCUT2D eigenvalue weighted by molar-refractivity contribution is -0.324. The number of methoxy groups -OCH3 is 1. The molecular formula is C36H67NO12. The maximum atomic E-state index is 13.6. The van der Waals surface area contributed by atoms with Gasteiger partial charge < -0.3 is 58.9 Å². The first-order chi connectivity index (χ1) is 22.7. The molecule has 3 aliphatic heterocycles. The molecule has 0 aromatic heterocycles. The Kier molecular flexibility index (Phi) is 15.1. The zero-order chi connectivity index (χ0) is 37.2. The summed E-state index contributed by atoms with van der Waals surface area (Å²) in [5, 5.41) is 57.3. The number of aliphatic hydroxyl groups excluding tert-OH is 4. The number of Topliss-reactive ketones (excluding diaryl/α,β-unsaturated/α-hetero) is 1. The van der Waals surface area contributed by atoms with Crippen molar-refractivity contribution in [2.75, 3.05) is 21.2 Å². The van der Waals surface area contributed by atoms with Crippen LogP contribution in [-0.2, 0) is 33.2 Å². The number of carbonyl (C=O) groups excluding carboxylic acids is 1. The first-order valence-electron chi connectivity index (χ1n) is 18.1. The van der Waals surface area contributed by atoms with Gasteiger partial charge in [0.05, 0.1) is 47.8 Å². The van der Waals surface area contributed by atoms with Crippen molar-refractivity contribution in [3.63, 3.8) is 0 Å². The predicted molar refractivity (Wildman–Crippen MR) is 181 cm³/mol. The number of rotatable bonds is 7. The molecule has 49 heavy (non-hydrogen) atoms. The normalized spacial score (nSPS) is 49.9. The predicted octanol–water partition coefficient (Wildman–Crippen LogP) is 2.22. The van der Waals surface area contributed by atoms with E-state index in [2.05, 4.69) is 0 Å². The molecule has 0 spiro atoms. The van der Waals surface area contributed by atoms with E-state index < -0.39 is 96.5 Å². The van der Waals surface area contributed by atoms with Crippen LogP contribution in [0.25, 0.3) is 0 Å². The number of carbonyl (C=O) groups is 1. The van der Waals surface area contributed by atoms with Gasteiger partial charge in [0.2, 0.25) is 0 Å². The van der Waals surface area contributed by atoms with Gasteiger partial charge in [0.25, 0.3) is 0 Å². The van der Waals surface area contributed by atoms with Crippen LogP contribution in [0.1, 0.15) is 94.4 Å². The van der Waals surface area contributed by atoms with E-state index in [1.807, 2.05) is 39.8 Å². The number of ketones is 1. The highest BCUT2D eigenvalue weighted by molar-refractivity contribution is 5.83. The summed E-state index contributed by atoms with van der Waals surface area (Å²) in [4.78, 5) is 15.6. The van der Waals surface area contributed by atoms with Gasteiger partial charge in [-0.2, -0.15) is 0 Å². The number of hydrogen-bond donors (Lipinski definition) is 5. The molecule has 0 radical (unpaired) electrons. The summed E-state index contributed by atoms with van der Waals surface area (Å²) >= 11 is 0. The first-order valence-corrected chi connectivity index (χ1v) is 18.1. The highest BCUT2D eigenvalue weighted by Crippen LogP contribution is 2.40. The molecule has 3 fully saturated rings. The van der Waals surface area contributed by atoms with E-state index in [4.69, 9.17) is 28.4 Å². The van der Waals surface area contributed by atoms with Crippen LogP contribution in [0.2, 0.25) is 0 Å². The van der Waals surface area contributed by atoms with Crippen LogP contribution in [0.3, 0.4) is 0 Å². The molecule has 17 unspecified atom stereocenters. The van der Waals surface area contributed by atoms with E-state index in [9.17, 15) is 30.3 Å². The van der Waals surface area contributed by atoms with Crippen molar-refractivity contribution in [1.82, 2.24) is 4.90 Å². The molecule has 0 saturated carbocycles. The van der Waals surface area contributed by atoms with Crippen LogP contribution < -0.4 is 0 Å². The van der Waals surface area contributed by atoms with Crippen molar-refractivity contribution in [2.45, 2.75) is 179 Å². The average Bonchev–Trinajstić information content (AvgIpc) is 3.03. The fraction of sp³-hybridized carbons (Fsp3) is 0.972. The maximum Gasteiger partial charge on any atom is 0.185 e. The summed E-state index contributed by atoms with van der Waals surface area (Å²) in [5.41, 5.74) is -2.67. The highest BCUT2D eigenvalue weighted by Gasteiger charge is 2.51. The molecule has 288 valence electrons. The molecule has 0 aliphatic carbocycles. The van der Waals surface area contributed by atoms with Crippen molar-refractivity contribution < 1.29 is 58.7 Å². The summed E-state index contributed by atoms with van der Waals surface area (Å²) in [5.74, 6) is -3.06. The molecule has 0 aromatic carbocycles. The fourth-order valence-electron chi connectivity index (χ4n) is 8.06. The van der Waals surface area contributed by atoms with Crippen molar-refractivity contribution in [2.24, 2.45) is 23.7 Å². The summed E-state index contributed by atoms with van der Waals surface area (Å²) in [6, 6.07) is -0.280. The van der Waals surface area contributed by atoms with Gasteiger partial charge in [0.1, 0.15) is 18.0 Å². The summed E-state index contributed by atoms with van der Waals surface area (Å²) in [6.45, 7) is 15.9. The second-order valence-electron chi connectivity index (χ2n) is 15.9. The minimum atomic E-state index is -1.68. The largest absolute Gasteiger partial charge is 0.392 e. The van der Waals surface area contributed by atoms with E-state index in [1.54, 1.807) is 41.5 Å². The van der Waals surface area contributed by atoms with Crippen LogP contribution in [0.5, 0.6) is 0 Å². The lowest BCUT2D eigenvalue weighted by Gasteiger charge is -2.49. The maximum absolute atomic E-state index is 13.6. The number of nitrogens with zero attached hydrogens (tertiary/aromatic N) is 1. The minimum absolute atomic E-state index is 0.0182. The number of likely N-dealkylation sites (N-methyl/N-ethyl adjacent to an activating group) is 1. The number of ether oxygens (including phenoxy) is 6. The van der Waals surface area contributed by atoms with E-state index >= 15 is 0 Å². The average molecular weight is 706 g/mol. The molecule has 18 atom stereocenters. The first kappa shape index (κ1) is 42.6. The number of aliphatic hydroxyl groups is 5. The molecule has 0 aromatic rings. The number of hydrogen-bond acceptors (Lipinski definition) is 13. The smallest absolute Gasteiger partial charge is 0.185 e. The third kappa shape index (κ3) is 10.00. The SMILES string of the molecule is CCC1CC(O)C(C)C(=O)C(C)CC(C)(O)C(OC2OC(C)CC(N(C)C)C2O)C(C)C(O[C@H]2CC(C)(OC)C(O)C(C)O2)C(C)C(O)O1. The quantitative estimate of drug-likeness (QED) is 0.261. The molecule has 3 rings (SSSR count). The third-order valence-corrected chi connectivity index (χ3v) is 11.4. The molecule has 3 heterocycles.